The summed E-state index contributed by atoms with van der Waals surface area (Å²) in [4.78, 5) is 11.6. The predicted molar refractivity (Wildman–Crippen MR) is 58.8 cm³/mol. The van der Waals surface area contributed by atoms with Crippen molar-refractivity contribution in [2.45, 2.75) is 23.9 Å². The fourth-order valence-corrected chi connectivity index (χ4v) is 3.54. The summed E-state index contributed by atoms with van der Waals surface area (Å²) in [6, 6.07) is 7.24. The number of halogens is 3. The zero-order chi connectivity index (χ0) is 12.5. The lowest BCUT2D eigenvalue weighted by molar-refractivity contribution is -0.169. The van der Waals surface area contributed by atoms with Gasteiger partial charge in [0.05, 0.1) is 0 Å². The van der Waals surface area contributed by atoms with Crippen molar-refractivity contribution in [3.8, 4) is 0 Å². The second-order valence-corrected chi connectivity index (χ2v) is 5.43. The van der Waals surface area contributed by atoms with Gasteiger partial charge in [-0.25, -0.2) is 0 Å². The molecule has 1 heterocycles. The number of hydrogen-bond acceptors (Lipinski definition) is 1. The van der Waals surface area contributed by atoms with Gasteiger partial charge in [0.15, 0.2) is 0 Å². The molecule has 1 aliphatic rings. The fourth-order valence-electron chi connectivity index (χ4n) is 1.70. The Kier molecular flexibility index (Phi) is 3.33. The third kappa shape index (κ3) is 2.74. The Hall–Kier alpha value is -1.17. The van der Waals surface area contributed by atoms with E-state index in [1.165, 1.54) is 0 Å². The lowest BCUT2D eigenvalue weighted by Crippen LogP contribution is -2.22. The lowest BCUT2D eigenvalue weighted by Gasteiger charge is -2.18. The molecule has 0 radical (unpaired) electrons. The Balaban J connectivity index is 2.36. The summed E-state index contributed by atoms with van der Waals surface area (Å²) in [5, 5.41) is 0. The Morgan fingerprint density at radius 2 is 2.00 bits per heavy atom. The largest absolute Gasteiger partial charge is 0.474 e. The Morgan fingerprint density at radius 3 is 2.71 bits per heavy atom. The number of benzene rings is 1. The minimum atomic E-state index is -4.86. The van der Waals surface area contributed by atoms with Gasteiger partial charge in [-0.3, -0.25) is 4.79 Å². The molecule has 0 aliphatic carbocycles. The maximum absolute atomic E-state index is 12.1. The smallest absolute Gasteiger partial charge is 0.261 e. The molecule has 0 unspecified atom stereocenters. The number of carbonyl (C=O) groups is 1. The molecule has 1 amide bonds. The highest BCUT2D eigenvalue weighted by molar-refractivity contribution is 7.87. The highest BCUT2D eigenvalue weighted by atomic mass is 32.2. The second-order valence-electron chi connectivity index (χ2n) is 3.67. The topological polar surface area (TPSA) is 29.4 Å². The molecular weight excluding hydrogens is 251 g/mol. The molecule has 1 aliphatic heterocycles. The summed E-state index contributed by atoms with van der Waals surface area (Å²) < 4.78 is 39.7. The Labute approximate surface area is 98.9 Å². The molecular formula is C11H10F3NOS. The van der Waals surface area contributed by atoms with Crippen LogP contribution in [0.1, 0.15) is 12.0 Å². The average Bonchev–Trinajstić information content (AvgIpc) is 2.28. The van der Waals surface area contributed by atoms with Crippen molar-refractivity contribution in [3.05, 3.63) is 29.8 Å². The summed E-state index contributed by atoms with van der Waals surface area (Å²) in [6.45, 7) is 0. The fraction of sp³-hybridized carbons (Fsp3) is 0.364. The van der Waals surface area contributed by atoms with E-state index in [-0.39, 0.29) is 0 Å². The molecule has 0 saturated carbocycles. The number of carbonyl (C=O) groups excluding carboxylic acids is 1. The Bertz CT molecular complexity index is 482. The van der Waals surface area contributed by atoms with Crippen molar-refractivity contribution >= 4 is 16.6 Å². The van der Waals surface area contributed by atoms with Gasteiger partial charge >= 0.3 is 12.1 Å². The third-order valence-corrected chi connectivity index (χ3v) is 4.41. The molecule has 17 heavy (non-hydrogen) atoms. The van der Waals surface area contributed by atoms with E-state index in [0.717, 1.165) is 23.3 Å². The van der Waals surface area contributed by atoms with Crippen LogP contribution >= 0.6 is 0 Å². The van der Waals surface area contributed by atoms with E-state index in [4.69, 9.17) is 0 Å². The molecule has 0 fully saturated rings. The van der Waals surface area contributed by atoms with Crippen LogP contribution in [0.2, 0.25) is 0 Å². The number of rotatable bonds is 0. The number of hydrogen-bond donors (Lipinski definition) is 0. The van der Waals surface area contributed by atoms with Crippen LogP contribution in [0.5, 0.6) is 0 Å². The number of aryl methyl sites for hydroxylation is 1. The standard InChI is InChI=1S/C11H10F3NOS/c12-11(13,14)10(16)15-17-7-3-5-8-4-1-2-6-9(8)17/h1-2,4,6H,3,5,7H2/t17-/m0/s1. The minimum absolute atomic E-state index is 0.527. The van der Waals surface area contributed by atoms with Gasteiger partial charge in [-0.15, -0.1) is 0 Å². The van der Waals surface area contributed by atoms with Crippen LogP contribution in [-0.2, 0) is 21.9 Å². The average molecular weight is 261 g/mol. The molecule has 2 rings (SSSR count). The molecule has 0 bridgehead atoms. The molecule has 0 N–H and O–H groups in total. The van der Waals surface area contributed by atoms with Gasteiger partial charge in [-0.1, -0.05) is 28.9 Å². The molecule has 1 aromatic rings. The van der Waals surface area contributed by atoms with Crippen LogP contribution in [0.4, 0.5) is 13.2 Å². The van der Waals surface area contributed by atoms with E-state index < -0.39 is 22.8 Å². The van der Waals surface area contributed by atoms with Crippen molar-refractivity contribution in [3.63, 3.8) is 0 Å². The van der Waals surface area contributed by atoms with Crippen LogP contribution in [0.3, 0.4) is 0 Å². The van der Waals surface area contributed by atoms with Gasteiger partial charge in [0.2, 0.25) is 0 Å². The number of alkyl halides is 3. The van der Waals surface area contributed by atoms with Crippen molar-refractivity contribution in [2.75, 3.05) is 5.75 Å². The first-order valence-corrected chi connectivity index (χ1v) is 6.45. The van der Waals surface area contributed by atoms with Crippen LogP contribution < -0.4 is 0 Å². The monoisotopic (exact) mass is 261 g/mol. The molecule has 1 aromatic carbocycles. The maximum atomic E-state index is 12.1. The Morgan fingerprint density at radius 1 is 1.29 bits per heavy atom. The second kappa shape index (κ2) is 4.60. The number of nitrogens with zero attached hydrogens (tertiary/aromatic N) is 1. The molecule has 92 valence electrons. The van der Waals surface area contributed by atoms with Crippen molar-refractivity contribution < 1.29 is 18.0 Å². The van der Waals surface area contributed by atoms with Gasteiger partial charge in [0, 0.05) is 10.6 Å². The van der Waals surface area contributed by atoms with Crippen molar-refractivity contribution in [1.29, 1.82) is 0 Å². The summed E-state index contributed by atoms with van der Waals surface area (Å²) in [7, 11) is -0.941. The lowest BCUT2D eigenvalue weighted by atomic mass is 10.1. The number of fused-ring (bicyclic) bond motifs is 1. The highest BCUT2D eigenvalue weighted by Gasteiger charge is 2.39. The van der Waals surface area contributed by atoms with E-state index in [0.29, 0.717) is 5.75 Å². The first-order valence-electron chi connectivity index (χ1n) is 5.10. The van der Waals surface area contributed by atoms with Gasteiger partial charge in [0.1, 0.15) is 0 Å². The van der Waals surface area contributed by atoms with Crippen LogP contribution in [0.15, 0.2) is 33.5 Å². The zero-order valence-corrected chi connectivity index (χ0v) is 9.64. The van der Waals surface area contributed by atoms with Gasteiger partial charge < -0.3 is 0 Å². The maximum Gasteiger partial charge on any atom is 0.474 e. The van der Waals surface area contributed by atoms with Gasteiger partial charge in [-0.05, 0) is 24.5 Å². The highest BCUT2D eigenvalue weighted by Crippen LogP contribution is 2.25. The number of amides is 1. The molecule has 0 aromatic heterocycles. The van der Waals surface area contributed by atoms with Crippen molar-refractivity contribution in [1.82, 2.24) is 0 Å². The van der Waals surface area contributed by atoms with Crippen LogP contribution in [0, 0.1) is 0 Å². The van der Waals surface area contributed by atoms with E-state index in [1.807, 2.05) is 12.1 Å². The van der Waals surface area contributed by atoms with Gasteiger partial charge in [0.25, 0.3) is 0 Å². The summed E-state index contributed by atoms with van der Waals surface area (Å²) in [5.74, 6) is -1.45. The van der Waals surface area contributed by atoms with Crippen LogP contribution in [-0.4, -0.2) is 17.8 Å². The first-order chi connectivity index (χ1) is 7.98. The normalized spacial score (nSPS) is 20.1. The van der Waals surface area contributed by atoms with Crippen molar-refractivity contribution in [2.24, 2.45) is 4.36 Å². The summed E-state index contributed by atoms with van der Waals surface area (Å²) in [5.41, 5.74) is 1.00. The molecule has 2 nitrogen and oxygen atoms in total. The molecule has 0 saturated heterocycles. The minimum Gasteiger partial charge on any atom is -0.261 e. The molecule has 0 spiro atoms. The molecule has 1 atom stereocenters. The van der Waals surface area contributed by atoms with E-state index in [9.17, 15) is 18.0 Å². The predicted octanol–water partition coefficient (Wildman–Crippen LogP) is 2.88. The van der Waals surface area contributed by atoms with E-state index in [2.05, 4.69) is 4.36 Å². The van der Waals surface area contributed by atoms with Gasteiger partial charge in [-0.2, -0.15) is 17.5 Å². The first kappa shape index (κ1) is 12.3. The van der Waals surface area contributed by atoms with E-state index in [1.54, 1.807) is 12.1 Å². The zero-order valence-electron chi connectivity index (χ0n) is 8.83. The SMILES string of the molecule is O=C(N=[S@]1CCCc2ccccc21)C(F)(F)F. The van der Waals surface area contributed by atoms with Crippen LogP contribution in [0.25, 0.3) is 0 Å². The quantitative estimate of drug-likeness (QED) is 0.706. The summed E-state index contributed by atoms with van der Waals surface area (Å²) in [6.07, 6.45) is -3.25. The third-order valence-electron chi connectivity index (χ3n) is 2.45. The molecule has 6 heteroatoms. The summed E-state index contributed by atoms with van der Waals surface area (Å²) >= 11 is 0. The van der Waals surface area contributed by atoms with E-state index >= 15 is 0 Å².